The monoisotopic (exact) mass is 584 g/mol. The first-order valence-corrected chi connectivity index (χ1v) is 13.2. The molecule has 1 aromatic carbocycles. The first-order chi connectivity index (χ1) is 20.1. The Morgan fingerprint density at radius 3 is 2.31 bits per heavy atom. The molecule has 0 bridgehead atoms. The fraction of sp³-hybridized carbons (Fsp3) is 0.385. The minimum absolute atomic E-state index is 0.0314. The van der Waals surface area contributed by atoms with Gasteiger partial charge in [-0.15, -0.1) is 0 Å². The number of guanidine groups is 1. The number of aliphatic carboxylic acids is 1. The van der Waals surface area contributed by atoms with E-state index >= 15 is 0 Å². The maximum atomic E-state index is 13.2. The van der Waals surface area contributed by atoms with Gasteiger partial charge in [0.2, 0.25) is 17.7 Å². The Morgan fingerprint density at radius 1 is 0.952 bits per heavy atom. The number of carbonyl (C=O) groups is 4. The second-order valence-electron chi connectivity index (χ2n) is 9.60. The standard InChI is InChI=1S/C26H36N10O6/c27-17(5-3-7-31-26(28)29)22(38)34-19(9-15-11-30-13-33-15)23(39)36-21(12-37)24(40)35-20(25(41)42)8-14-10-32-18-6-2-1-4-16(14)18/h1-2,4,6,10-11,13,17,19-21,32,37H,3,5,7-9,12,27H2,(H,30,33)(H,34,38)(H,35,40)(H,36,39)(H,41,42)(H4,28,29,31). The van der Waals surface area contributed by atoms with E-state index in [0.29, 0.717) is 17.7 Å². The summed E-state index contributed by atoms with van der Waals surface area (Å²) in [6.07, 6.45) is 5.08. The molecule has 2 aromatic heterocycles. The minimum Gasteiger partial charge on any atom is -0.480 e. The second-order valence-corrected chi connectivity index (χ2v) is 9.60. The topological polar surface area (TPSA) is 280 Å². The number of aromatic nitrogens is 3. The van der Waals surface area contributed by atoms with Gasteiger partial charge in [-0.3, -0.25) is 19.4 Å². The van der Waals surface area contributed by atoms with E-state index in [0.717, 1.165) is 10.9 Å². The molecule has 4 atom stereocenters. The van der Waals surface area contributed by atoms with Crippen molar-refractivity contribution in [3.8, 4) is 0 Å². The van der Waals surface area contributed by atoms with E-state index in [1.54, 1.807) is 6.20 Å². The van der Waals surface area contributed by atoms with Crippen LogP contribution in [0.25, 0.3) is 10.9 Å². The maximum Gasteiger partial charge on any atom is 0.326 e. The van der Waals surface area contributed by atoms with Gasteiger partial charge in [0, 0.05) is 48.4 Å². The zero-order valence-electron chi connectivity index (χ0n) is 22.7. The summed E-state index contributed by atoms with van der Waals surface area (Å²) < 4.78 is 0. The Morgan fingerprint density at radius 2 is 1.64 bits per heavy atom. The van der Waals surface area contributed by atoms with E-state index in [-0.39, 0.29) is 31.8 Å². The van der Waals surface area contributed by atoms with Crippen molar-refractivity contribution >= 4 is 40.6 Å². The van der Waals surface area contributed by atoms with E-state index in [4.69, 9.17) is 17.2 Å². The number of rotatable bonds is 16. The predicted octanol–water partition coefficient (Wildman–Crippen LogP) is -2.41. The highest BCUT2D eigenvalue weighted by Gasteiger charge is 2.31. The van der Waals surface area contributed by atoms with Crippen molar-refractivity contribution in [3.05, 3.63) is 54.2 Å². The number of benzene rings is 1. The number of nitrogens with zero attached hydrogens (tertiary/aromatic N) is 2. The molecule has 0 aliphatic heterocycles. The van der Waals surface area contributed by atoms with E-state index in [9.17, 15) is 29.4 Å². The summed E-state index contributed by atoms with van der Waals surface area (Å²) >= 11 is 0. The van der Waals surface area contributed by atoms with Gasteiger partial charge < -0.3 is 53.3 Å². The van der Waals surface area contributed by atoms with Crippen LogP contribution >= 0.6 is 0 Å². The number of nitrogens with one attached hydrogen (secondary N) is 5. The van der Waals surface area contributed by atoms with Crippen molar-refractivity contribution in [2.75, 3.05) is 13.2 Å². The number of nitrogens with two attached hydrogens (primary N) is 3. The lowest BCUT2D eigenvalue weighted by Crippen LogP contribution is -2.58. The molecule has 42 heavy (non-hydrogen) atoms. The van der Waals surface area contributed by atoms with Gasteiger partial charge >= 0.3 is 5.97 Å². The molecule has 16 heteroatoms. The number of aromatic amines is 2. The number of carbonyl (C=O) groups excluding carboxylic acids is 3. The molecule has 0 spiro atoms. The zero-order valence-corrected chi connectivity index (χ0v) is 22.7. The Hall–Kier alpha value is -4.96. The summed E-state index contributed by atoms with van der Waals surface area (Å²) in [6, 6.07) is 2.27. The van der Waals surface area contributed by atoms with Crippen molar-refractivity contribution in [3.63, 3.8) is 0 Å². The van der Waals surface area contributed by atoms with Crippen molar-refractivity contribution in [1.82, 2.24) is 30.9 Å². The number of aliphatic imine (C=N–C) groups is 1. The quantitative estimate of drug-likeness (QED) is 0.0483. The van der Waals surface area contributed by atoms with Crippen LogP contribution in [0.1, 0.15) is 24.1 Å². The second kappa shape index (κ2) is 15.2. The van der Waals surface area contributed by atoms with Crippen LogP contribution in [0, 0.1) is 0 Å². The maximum absolute atomic E-state index is 13.2. The molecule has 0 saturated heterocycles. The fourth-order valence-electron chi connectivity index (χ4n) is 4.21. The van der Waals surface area contributed by atoms with Gasteiger partial charge in [-0.25, -0.2) is 9.78 Å². The van der Waals surface area contributed by atoms with Gasteiger partial charge in [0.25, 0.3) is 0 Å². The number of para-hydroxylation sites is 1. The van der Waals surface area contributed by atoms with Gasteiger partial charge in [-0.2, -0.15) is 0 Å². The number of aliphatic hydroxyl groups excluding tert-OH is 1. The highest BCUT2D eigenvalue weighted by atomic mass is 16.4. The Labute approximate surface area is 240 Å². The summed E-state index contributed by atoms with van der Waals surface area (Å²) in [5.74, 6) is -3.73. The van der Waals surface area contributed by atoms with E-state index in [1.807, 2.05) is 24.3 Å². The Bertz CT molecular complexity index is 1390. The molecule has 2 heterocycles. The molecule has 0 radical (unpaired) electrons. The molecule has 0 aliphatic carbocycles. The summed E-state index contributed by atoms with van der Waals surface area (Å²) in [7, 11) is 0. The summed E-state index contributed by atoms with van der Waals surface area (Å²) in [5.41, 5.74) is 18.5. The van der Waals surface area contributed by atoms with Crippen LogP contribution in [0.3, 0.4) is 0 Å². The van der Waals surface area contributed by atoms with Gasteiger partial charge in [0.15, 0.2) is 5.96 Å². The van der Waals surface area contributed by atoms with Crippen LogP contribution in [0.15, 0.2) is 48.0 Å². The number of amides is 3. The third-order valence-electron chi connectivity index (χ3n) is 6.45. The summed E-state index contributed by atoms with van der Waals surface area (Å²) in [6.45, 7) is -0.557. The number of carboxylic acids is 1. The van der Waals surface area contributed by atoms with E-state index < -0.39 is 54.5 Å². The Balaban J connectivity index is 1.66. The fourth-order valence-corrected chi connectivity index (χ4v) is 4.21. The van der Waals surface area contributed by atoms with Gasteiger partial charge in [-0.1, -0.05) is 18.2 Å². The molecule has 16 nitrogen and oxygen atoms in total. The number of imidazole rings is 1. The first-order valence-electron chi connectivity index (χ1n) is 13.2. The third-order valence-corrected chi connectivity index (χ3v) is 6.45. The molecular weight excluding hydrogens is 548 g/mol. The number of hydrogen-bond acceptors (Lipinski definition) is 8. The predicted molar refractivity (Wildman–Crippen MR) is 153 cm³/mol. The third kappa shape index (κ3) is 9.03. The van der Waals surface area contributed by atoms with Crippen molar-refractivity contribution < 1.29 is 29.4 Å². The van der Waals surface area contributed by atoms with Crippen molar-refractivity contribution in [1.29, 1.82) is 0 Å². The van der Waals surface area contributed by atoms with Crippen molar-refractivity contribution in [2.24, 2.45) is 22.2 Å². The van der Waals surface area contributed by atoms with E-state index in [1.165, 1.54) is 12.5 Å². The van der Waals surface area contributed by atoms with Crippen LogP contribution in [0.2, 0.25) is 0 Å². The van der Waals surface area contributed by atoms with Crippen LogP contribution < -0.4 is 33.2 Å². The van der Waals surface area contributed by atoms with Crippen LogP contribution in [-0.4, -0.2) is 92.1 Å². The zero-order chi connectivity index (χ0) is 30.6. The number of H-pyrrole nitrogens is 2. The normalized spacial score (nSPS) is 13.9. The summed E-state index contributed by atoms with van der Waals surface area (Å²) in [4.78, 5) is 64.5. The van der Waals surface area contributed by atoms with E-state index in [2.05, 4.69) is 35.9 Å². The molecule has 3 amide bonds. The molecule has 13 N–H and O–H groups in total. The van der Waals surface area contributed by atoms with Gasteiger partial charge in [-0.05, 0) is 24.5 Å². The number of carboxylic acid groups (broad SMARTS) is 1. The van der Waals surface area contributed by atoms with Gasteiger partial charge in [0.05, 0.1) is 19.0 Å². The molecule has 0 fully saturated rings. The smallest absolute Gasteiger partial charge is 0.326 e. The summed E-state index contributed by atoms with van der Waals surface area (Å²) in [5, 5.41) is 27.8. The lowest BCUT2D eigenvalue weighted by atomic mass is 10.0. The minimum atomic E-state index is -1.50. The molecular formula is C26H36N10O6. The molecule has 226 valence electrons. The number of aliphatic hydroxyl groups is 1. The van der Waals surface area contributed by atoms with Crippen LogP contribution in [0.4, 0.5) is 0 Å². The average Bonchev–Trinajstić information content (AvgIpc) is 3.62. The number of fused-ring (bicyclic) bond motifs is 1. The largest absolute Gasteiger partial charge is 0.480 e. The number of hydrogen-bond donors (Lipinski definition) is 10. The highest BCUT2D eigenvalue weighted by molar-refractivity contribution is 5.94. The lowest BCUT2D eigenvalue weighted by Gasteiger charge is -2.24. The first kappa shape index (κ1) is 31.6. The lowest BCUT2D eigenvalue weighted by molar-refractivity contribution is -0.142. The molecule has 3 aromatic rings. The molecule has 3 rings (SSSR count). The highest BCUT2D eigenvalue weighted by Crippen LogP contribution is 2.19. The van der Waals surface area contributed by atoms with Crippen molar-refractivity contribution in [2.45, 2.75) is 49.9 Å². The van der Waals surface area contributed by atoms with Gasteiger partial charge in [0.1, 0.15) is 18.1 Å². The SMILES string of the molecule is NC(N)=NCCCC(N)C(=O)NC(Cc1cnc[nH]1)C(=O)NC(CO)C(=O)NC(Cc1c[nH]c2ccccc12)C(=O)O. The average molecular weight is 585 g/mol. The molecule has 4 unspecified atom stereocenters. The van der Waals surface area contributed by atoms with Crippen LogP contribution in [-0.2, 0) is 32.0 Å². The molecule has 0 saturated carbocycles. The molecule has 0 aliphatic rings. The van der Waals surface area contributed by atoms with Crippen LogP contribution in [0.5, 0.6) is 0 Å². The Kier molecular flexibility index (Phi) is 11.4.